The van der Waals surface area contributed by atoms with Crippen LogP contribution in [0.15, 0.2) is 18.3 Å². The van der Waals surface area contributed by atoms with Crippen LogP contribution < -0.4 is 15.5 Å². The van der Waals surface area contributed by atoms with Crippen molar-refractivity contribution in [1.82, 2.24) is 10.3 Å². The Morgan fingerprint density at radius 2 is 2.00 bits per heavy atom. The van der Waals surface area contributed by atoms with E-state index in [4.69, 9.17) is 0 Å². The molecule has 1 aromatic rings. The van der Waals surface area contributed by atoms with Gasteiger partial charge in [-0.2, -0.15) is 0 Å². The molecule has 112 valence electrons. The molecule has 3 rings (SSSR count). The predicted octanol–water partition coefficient (Wildman–Crippen LogP) is 1.29. The first kappa shape index (κ1) is 13.9. The molecule has 6 nitrogen and oxygen atoms in total. The van der Waals surface area contributed by atoms with Gasteiger partial charge in [0.1, 0.15) is 11.9 Å². The van der Waals surface area contributed by atoms with Crippen LogP contribution in [0.3, 0.4) is 0 Å². The summed E-state index contributed by atoms with van der Waals surface area (Å²) in [5.74, 6) is 0.534. The lowest BCUT2D eigenvalue weighted by molar-refractivity contribution is -0.133. The normalized spacial score (nSPS) is 22.9. The van der Waals surface area contributed by atoms with Crippen LogP contribution in [0.1, 0.15) is 32.1 Å². The zero-order valence-electron chi connectivity index (χ0n) is 12.0. The van der Waals surface area contributed by atoms with Crippen LogP contribution in [-0.2, 0) is 9.59 Å². The molecule has 0 bridgehead atoms. The van der Waals surface area contributed by atoms with Crippen molar-refractivity contribution in [2.75, 3.05) is 23.3 Å². The van der Waals surface area contributed by atoms with Crippen LogP contribution in [0.25, 0.3) is 0 Å². The zero-order valence-corrected chi connectivity index (χ0v) is 12.0. The van der Waals surface area contributed by atoms with Crippen molar-refractivity contribution in [3.8, 4) is 0 Å². The van der Waals surface area contributed by atoms with Crippen molar-refractivity contribution in [2.24, 2.45) is 0 Å². The average molecular weight is 288 g/mol. The molecule has 2 saturated heterocycles. The number of imide groups is 1. The number of rotatable bonds is 3. The molecule has 1 unspecified atom stereocenters. The number of carbonyl (C=O) groups is 2. The van der Waals surface area contributed by atoms with Crippen LogP contribution in [0.2, 0.25) is 0 Å². The fourth-order valence-electron chi connectivity index (χ4n) is 2.81. The van der Waals surface area contributed by atoms with E-state index in [2.05, 4.69) is 20.5 Å². The highest BCUT2D eigenvalue weighted by Crippen LogP contribution is 2.20. The Kier molecular flexibility index (Phi) is 4.03. The minimum Gasteiger partial charge on any atom is -0.372 e. The molecule has 21 heavy (non-hydrogen) atoms. The van der Waals surface area contributed by atoms with Gasteiger partial charge in [-0.15, -0.1) is 0 Å². The third-order valence-corrected chi connectivity index (χ3v) is 4.01. The largest absolute Gasteiger partial charge is 0.372 e. The van der Waals surface area contributed by atoms with E-state index in [1.54, 1.807) is 6.20 Å². The minimum atomic E-state index is -0.356. The van der Waals surface area contributed by atoms with Crippen molar-refractivity contribution >= 4 is 23.3 Å². The molecule has 0 spiro atoms. The number of pyridine rings is 1. The number of hydrogen-bond acceptors (Lipinski definition) is 5. The Balaban J connectivity index is 1.61. The summed E-state index contributed by atoms with van der Waals surface area (Å²) in [6.45, 7) is 2.12. The second-order valence-electron chi connectivity index (χ2n) is 5.60. The minimum absolute atomic E-state index is 0.198. The molecule has 2 aliphatic rings. The van der Waals surface area contributed by atoms with Crippen LogP contribution in [0.5, 0.6) is 0 Å². The molecule has 0 saturated carbocycles. The van der Waals surface area contributed by atoms with Crippen molar-refractivity contribution in [1.29, 1.82) is 0 Å². The first-order valence-corrected chi connectivity index (χ1v) is 7.53. The zero-order chi connectivity index (χ0) is 14.7. The Morgan fingerprint density at radius 1 is 1.19 bits per heavy atom. The smallest absolute Gasteiger partial charge is 0.249 e. The third kappa shape index (κ3) is 3.32. The average Bonchev–Trinajstić information content (AvgIpc) is 2.52. The summed E-state index contributed by atoms with van der Waals surface area (Å²) in [6.07, 6.45) is 6.40. The number of carbonyl (C=O) groups excluding carboxylic acids is 2. The lowest BCUT2D eigenvalue weighted by Crippen LogP contribution is -2.47. The quantitative estimate of drug-likeness (QED) is 0.820. The summed E-state index contributed by atoms with van der Waals surface area (Å²) in [6, 6.07) is 3.57. The van der Waals surface area contributed by atoms with Crippen molar-refractivity contribution in [2.45, 2.75) is 38.1 Å². The van der Waals surface area contributed by atoms with Gasteiger partial charge >= 0.3 is 0 Å². The predicted molar refractivity (Wildman–Crippen MR) is 80.1 cm³/mol. The van der Waals surface area contributed by atoms with E-state index in [9.17, 15) is 9.59 Å². The second kappa shape index (κ2) is 6.11. The molecule has 0 aromatic carbocycles. The summed E-state index contributed by atoms with van der Waals surface area (Å²) >= 11 is 0. The van der Waals surface area contributed by atoms with Crippen LogP contribution >= 0.6 is 0 Å². The molecule has 1 atom stereocenters. The summed E-state index contributed by atoms with van der Waals surface area (Å²) in [4.78, 5) is 29.6. The van der Waals surface area contributed by atoms with Gasteiger partial charge in [0, 0.05) is 19.5 Å². The van der Waals surface area contributed by atoms with Gasteiger partial charge in [-0.1, -0.05) is 0 Å². The molecular weight excluding hydrogens is 268 g/mol. The molecule has 2 N–H and O–H groups in total. The number of piperidine rings is 2. The summed E-state index contributed by atoms with van der Waals surface area (Å²) < 4.78 is 0. The van der Waals surface area contributed by atoms with Gasteiger partial charge < -0.3 is 10.2 Å². The SMILES string of the molecule is O=C1CCC(Nc2ccc(N3CCCCC3)nc2)C(=O)N1. The number of aromatic nitrogens is 1. The van der Waals surface area contributed by atoms with Crippen molar-refractivity contribution < 1.29 is 9.59 Å². The number of nitrogens with one attached hydrogen (secondary N) is 2. The molecule has 2 aliphatic heterocycles. The molecular formula is C15H20N4O2. The molecule has 2 fully saturated rings. The first-order valence-electron chi connectivity index (χ1n) is 7.53. The van der Waals surface area contributed by atoms with E-state index in [-0.39, 0.29) is 17.9 Å². The van der Waals surface area contributed by atoms with E-state index >= 15 is 0 Å². The van der Waals surface area contributed by atoms with Crippen molar-refractivity contribution in [3.63, 3.8) is 0 Å². The highest BCUT2D eigenvalue weighted by molar-refractivity contribution is 6.01. The summed E-state index contributed by atoms with van der Waals surface area (Å²) in [5, 5.41) is 5.48. The molecule has 6 heteroatoms. The van der Waals surface area contributed by atoms with E-state index < -0.39 is 0 Å². The van der Waals surface area contributed by atoms with Gasteiger partial charge in [0.05, 0.1) is 11.9 Å². The molecule has 2 amide bonds. The van der Waals surface area contributed by atoms with E-state index in [1.165, 1.54) is 19.3 Å². The van der Waals surface area contributed by atoms with Crippen LogP contribution in [0.4, 0.5) is 11.5 Å². The lowest BCUT2D eigenvalue weighted by atomic mass is 10.1. The van der Waals surface area contributed by atoms with E-state index in [1.807, 2.05) is 12.1 Å². The monoisotopic (exact) mass is 288 g/mol. The molecule has 1 aromatic heterocycles. The Labute approximate surface area is 123 Å². The standard InChI is InChI=1S/C15H20N4O2/c20-14-7-5-12(15(21)18-14)17-11-4-6-13(16-10-11)19-8-2-1-3-9-19/h4,6,10,12,17H,1-3,5,7-9H2,(H,18,20,21). The van der Waals surface area contributed by atoms with Gasteiger partial charge in [-0.25, -0.2) is 4.98 Å². The van der Waals surface area contributed by atoms with Crippen LogP contribution in [-0.4, -0.2) is 35.9 Å². The first-order chi connectivity index (χ1) is 10.2. The number of nitrogens with zero attached hydrogens (tertiary/aromatic N) is 2. The fourth-order valence-corrected chi connectivity index (χ4v) is 2.81. The summed E-state index contributed by atoms with van der Waals surface area (Å²) in [5.41, 5.74) is 0.810. The number of anilines is 2. The van der Waals surface area contributed by atoms with Gasteiger partial charge in [-0.05, 0) is 37.8 Å². The number of hydrogen-bond donors (Lipinski definition) is 2. The fraction of sp³-hybridized carbons (Fsp3) is 0.533. The Morgan fingerprint density at radius 3 is 2.67 bits per heavy atom. The van der Waals surface area contributed by atoms with Gasteiger partial charge in [0.2, 0.25) is 11.8 Å². The van der Waals surface area contributed by atoms with Gasteiger partial charge in [0.25, 0.3) is 0 Å². The molecule has 0 radical (unpaired) electrons. The highest BCUT2D eigenvalue weighted by Gasteiger charge is 2.26. The Bertz CT molecular complexity index is 523. The topological polar surface area (TPSA) is 74.3 Å². The van der Waals surface area contributed by atoms with Gasteiger partial charge in [-0.3, -0.25) is 14.9 Å². The second-order valence-corrected chi connectivity index (χ2v) is 5.60. The Hall–Kier alpha value is -2.11. The van der Waals surface area contributed by atoms with Gasteiger partial charge in [0.15, 0.2) is 0 Å². The van der Waals surface area contributed by atoms with E-state index in [0.717, 1.165) is 24.6 Å². The van der Waals surface area contributed by atoms with E-state index in [0.29, 0.717) is 12.8 Å². The maximum Gasteiger partial charge on any atom is 0.249 e. The third-order valence-electron chi connectivity index (χ3n) is 4.01. The maximum atomic E-state index is 11.7. The van der Waals surface area contributed by atoms with Crippen molar-refractivity contribution in [3.05, 3.63) is 18.3 Å². The van der Waals surface area contributed by atoms with Crippen LogP contribution in [0, 0.1) is 0 Å². The number of amides is 2. The molecule has 0 aliphatic carbocycles. The summed E-state index contributed by atoms with van der Waals surface area (Å²) in [7, 11) is 0. The lowest BCUT2D eigenvalue weighted by Gasteiger charge is -2.28. The maximum absolute atomic E-state index is 11.7. The molecule has 3 heterocycles. The highest BCUT2D eigenvalue weighted by atomic mass is 16.2.